The fraction of sp³-hybridized carbons (Fsp3) is 0.182. The second kappa shape index (κ2) is 8.87. The van der Waals surface area contributed by atoms with E-state index in [0.717, 1.165) is 5.56 Å². The summed E-state index contributed by atoms with van der Waals surface area (Å²) in [5, 5.41) is 0.906. The predicted octanol–water partition coefficient (Wildman–Crippen LogP) is 4.01. The third-order valence-electron chi connectivity index (χ3n) is 4.11. The lowest BCUT2D eigenvalue weighted by Gasteiger charge is -2.17. The van der Waals surface area contributed by atoms with Gasteiger partial charge in [0, 0.05) is 30.7 Å². The minimum absolute atomic E-state index is 0.185. The standard InChI is InChI=1S/C22H20O6S/c1-14(23)27-18-12-19(26-3)22(28-15(2)24)17-10-7-11-20(21(17)18)29(25)13-16-8-5-4-6-9-16/h4-12H,13H2,1-3H3. The van der Waals surface area contributed by atoms with E-state index in [1.54, 1.807) is 18.2 Å². The first-order valence-electron chi connectivity index (χ1n) is 8.83. The summed E-state index contributed by atoms with van der Waals surface area (Å²) in [5.41, 5.74) is 0.908. The van der Waals surface area contributed by atoms with Crippen LogP contribution in [0.1, 0.15) is 19.4 Å². The smallest absolute Gasteiger partial charge is 0.308 e. The van der Waals surface area contributed by atoms with Crippen LogP contribution in [0.3, 0.4) is 0 Å². The van der Waals surface area contributed by atoms with Crippen molar-refractivity contribution < 1.29 is 28.0 Å². The van der Waals surface area contributed by atoms with Gasteiger partial charge in [-0.1, -0.05) is 42.5 Å². The third kappa shape index (κ3) is 4.63. The van der Waals surface area contributed by atoms with Gasteiger partial charge in [-0.3, -0.25) is 13.8 Å². The van der Waals surface area contributed by atoms with E-state index >= 15 is 0 Å². The Bertz CT molecular complexity index is 1090. The highest BCUT2D eigenvalue weighted by molar-refractivity contribution is 7.84. The van der Waals surface area contributed by atoms with Gasteiger partial charge in [0.25, 0.3) is 0 Å². The molecule has 0 aromatic heterocycles. The normalized spacial score (nSPS) is 11.7. The summed E-state index contributed by atoms with van der Waals surface area (Å²) >= 11 is 0. The van der Waals surface area contributed by atoms with Gasteiger partial charge in [0.1, 0.15) is 5.75 Å². The van der Waals surface area contributed by atoms with E-state index in [0.29, 0.717) is 15.7 Å². The molecule has 0 aliphatic heterocycles. The molecule has 0 amide bonds. The molecule has 3 aromatic carbocycles. The zero-order valence-electron chi connectivity index (χ0n) is 16.3. The minimum atomic E-state index is -1.44. The molecular formula is C22H20O6S. The van der Waals surface area contributed by atoms with E-state index < -0.39 is 22.7 Å². The number of hydrogen-bond acceptors (Lipinski definition) is 6. The Hall–Kier alpha value is -3.19. The number of hydrogen-bond donors (Lipinski definition) is 0. The first kappa shape index (κ1) is 20.5. The molecule has 0 aliphatic rings. The zero-order chi connectivity index (χ0) is 21.0. The van der Waals surface area contributed by atoms with Crippen LogP contribution in [0.2, 0.25) is 0 Å². The summed E-state index contributed by atoms with van der Waals surface area (Å²) in [6.07, 6.45) is 0. The van der Waals surface area contributed by atoms with Gasteiger partial charge in [-0.2, -0.15) is 0 Å². The number of carbonyl (C=O) groups is 2. The average molecular weight is 412 g/mol. The molecule has 0 saturated carbocycles. The summed E-state index contributed by atoms with van der Waals surface area (Å²) < 4.78 is 29.3. The Kier molecular flexibility index (Phi) is 6.29. The van der Waals surface area contributed by atoms with Crippen molar-refractivity contribution in [2.75, 3.05) is 7.11 Å². The number of esters is 2. The highest BCUT2D eigenvalue weighted by Gasteiger charge is 2.22. The van der Waals surface area contributed by atoms with E-state index in [1.807, 2.05) is 30.3 Å². The van der Waals surface area contributed by atoms with E-state index in [9.17, 15) is 13.8 Å². The van der Waals surface area contributed by atoms with Crippen LogP contribution in [0.25, 0.3) is 10.8 Å². The van der Waals surface area contributed by atoms with Crippen molar-refractivity contribution in [2.24, 2.45) is 0 Å². The third-order valence-corrected chi connectivity index (χ3v) is 5.53. The summed E-state index contributed by atoms with van der Waals surface area (Å²) in [7, 11) is -0.0164. The van der Waals surface area contributed by atoms with Crippen molar-refractivity contribution in [3.05, 3.63) is 60.2 Å². The van der Waals surface area contributed by atoms with Gasteiger partial charge in [0.15, 0.2) is 11.5 Å². The Balaban J connectivity index is 2.23. The van der Waals surface area contributed by atoms with Crippen LogP contribution in [-0.2, 0) is 26.1 Å². The number of methoxy groups -OCH3 is 1. The Morgan fingerprint density at radius 1 is 0.897 bits per heavy atom. The number of benzene rings is 3. The molecule has 0 N–H and O–H groups in total. The predicted molar refractivity (Wildman–Crippen MR) is 110 cm³/mol. The van der Waals surface area contributed by atoms with E-state index in [-0.39, 0.29) is 23.0 Å². The topological polar surface area (TPSA) is 78.9 Å². The zero-order valence-corrected chi connectivity index (χ0v) is 17.1. The van der Waals surface area contributed by atoms with E-state index in [2.05, 4.69) is 0 Å². The second-order valence-electron chi connectivity index (χ2n) is 6.25. The van der Waals surface area contributed by atoms with Gasteiger partial charge in [0.05, 0.1) is 28.6 Å². The highest BCUT2D eigenvalue weighted by Crippen LogP contribution is 2.44. The van der Waals surface area contributed by atoms with Gasteiger partial charge in [-0.25, -0.2) is 0 Å². The SMILES string of the molecule is COc1cc(OC(C)=O)c2c(S(=O)Cc3ccccc3)cccc2c1OC(C)=O. The molecule has 0 aliphatic carbocycles. The van der Waals surface area contributed by atoms with E-state index in [1.165, 1.54) is 27.0 Å². The lowest BCUT2D eigenvalue weighted by molar-refractivity contribution is -0.133. The number of carbonyl (C=O) groups excluding carboxylic acids is 2. The molecule has 0 bridgehead atoms. The van der Waals surface area contributed by atoms with Gasteiger partial charge < -0.3 is 14.2 Å². The summed E-state index contributed by atoms with van der Waals surface area (Å²) in [5.74, 6) is -0.163. The van der Waals surface area contributed by atoms with Crippen LogP contribution < -0.4 is 14.2 Å². The maximum Gasteiger partial charge on any atom is 0.308 e. The van der Waals surface area contributed by atoms with Crippen LogP contribution in [0.5, 0.6) is 17.2 Å². The van der Waals surface area contributed by atoms with Crippen LogP contribution in [0, 0.1) is 0 Å². The minimum Gasteiger partial charge on any atom is -0.493 e. The van der Waals surface area contributed by atoms with E-state index in [4.69, 9.17) is 14.2 Å². The molecule has 150 valence electrons. The number of ether oxygens (including phenoxy) is 3. The molecule has 0 heterocycles. The van der Waals surface area contributed by atoms with Crippen LogP contribution in [-0.4, -0.2) is 23.3 Å². The maximum atomic E-state index is 13.2. The van der Waals surface area contributed by atoms with Gasteiger partial charge in [0.2, 0.25) is 0 Å². The van der Waals surface area contributed by atoms with Gasteiger partial charge in [-0.15, -0.1) is 0 Å². The lowest BCUT2D eigenvalue weighted by Crippen LogP contribution is -2.08. The first-order valence-corrected chi connectivity index (χ1v) is 10.2. The van der Waals surface area contributed by atoms with Crippen molar-refractivity contribution in [1.29, 1.82) is 0 Å². The fourth-order valence-corrected chi connectivity index (χ4v) is 4.31. The summed E-state index contributed by atoms with van der Waals surface area (Å²) in [4.78, 5) is 23.8. The van der Waals surface area contributed by atoms with Crippen molar-refractivity contribution in [3.8, 4) is 17.2 Å². The molecule has 0 spiro atoms. The molecule has 3 rings (SSSR count). The molecule has 0 radical (unpaired) electrons. The molecule has 0 fully saturated rings. The Morgan fingerprint density at radius 3 is 2.21 bits per heavy atom. The van der Waals surface area contributed by atoms with Crippen LogP contribution in [0.4, 0.5) is 0 Å². The molecule has 0 saturated heterocycles. The first-order chi connectivity index (χ1) is 13.9. The monoisotopic (exact) mass is 412 g/mol. The summed E-state index contributed by atoms with van der Waals surface area (Å²) in [6.45, 7) is 2.56. The van der Waals surface area contributed by atoms with Crippen molar-refractivity contribution in [1.82, 2.24) is 0 Å². The van der Waals surface area contributed by atoms with Crippen molar-refractivity contribution >= 4 is 33.5 Å². The molecule has 1 atom stereocenters. The number of rotatable bonds is 6. The van der Waals surface area contributed by atoms with Crippen LogP contribution >= 0.6 is 0 Å². The number of fused-ring (bicyclic) bond motifs is 1. The van der Waals surface area contributed by atoms with Crippen LogP contribution in [0.15, 0.2) is 59.5 Å². The Labute approximate surface area is 170 Å². The lowest BCUT2D eigenvalue weighted by atomic mass is 10.1. The van der Waals surface area contributed by atoms with Gasteiger partial charge >= 0.3 is 11.9 Å². The molecule has 29 heavy (non-hydrogen) atoms. The quantitative estimate of drug-likeness (QED) is 0.450. The largest absolute Gasteiger partial charge is 0.493 e. The van der Waals surface area contributed by atoms with Crippen molar-refractivity contribution in [3.63, 3.8) is 0 Å². The highest BCUT2D eigenvalue weighted by atomic mass is 32.2. The molecule has 7 heteroatoms. The Morgan fingerprint density at radius 2 is 1.59 bits per heavy atom. The van der Waals surface area contributed by atoms with Crippen molar-refractivity contribution in [2.45, 2.75) is 24.5 Å². The van der Waals surface area contributed by atoms with Gasteiger partial charge in [-0.05, 0) is 11.6 Å². The summed E-state index contributed by atoms with van der Waals surface area (Å²) in [6, 6.07) is 16.0. The maximum absolute atomic E-state index is 13.2. The second-order valence-corrected chi connectivity index (χ2v) is 7.67. The molecule has 6 nitrogen and oxygen atoms in total. The molecule has 3 aromatic rings. The average Bonchev–Trinajstić information content (AvgIpc) is 2.69. The molecule has 1 unspecified atom stereocenters. The molecular weight excluding hydrogens is 392 g/mol. The fourth-order valence-electron chi connectivity index (χ4n) is 2.99.